The molecule has 1 amide bonds. The first-order valence-corrected chi connectivity index (χ1v) is 7.27. The zero-order valence-corrected chi connectivity index (χ0v) is 12.7. The van der Waals surface area contributed by atoms with Crippen molar-refractivity contribution in [3.05, 3.63) is 59.2 Å². The zero-order valence-electron chi connectivity index (χ0n) is 12.7. The van der Waals surface area contributed by atoms with E-state index in [0.29, 0.717) is 0 Å². The van der Waals surface area contributed by atoms with Crippen LogP contribution in [0.25, 0.3) is 0 Å². The lowest BCUT2D eigenvalue weighted by Gasteiger charge is -2.34. The molecule has 0 spiro atoms. The predicted molar refractivity (Wildman–Crippen MR) is 78.5 cm³/mol. The van der Waals surface area contributed by atoms with Crippen LogP contribution in [0.1, 0.15) is 27.3 Å². The van der Waals surface area contributed by atoms with Gasteiger partial charge in [-0.3, -0.25) is 4.79 Å². The maximum absolute atomic E-state index is 12.6. The molecule has 130 valence electrons. The number of carboxylic acids is 1. The molecule has 1 aliphatic rings. The Hall–Kier alpha value is -2.97. The number of carboxylic acid groups (broad SMARTS) is 1. The predicted octanol–water partition coefficient (Wildman–Crippen LogP) is 2.15. The van der Waals surface area contributed by atoms with Crippen molar-refractivity contribution in [2.45, 2.75) is 25.2 Å². The van der Waals surface area contributed by atoms with Gasteiger partial charge in [0.2, 0.25) is 5.82 Å². The highest BCUT2D eigenvalue weighted by Crippen LogP contribution is 2.27. The number of aliphatic carboxylic acids is 1. The molecule has 1 atom stereocenters. The maximum atomic E-state index is 12.6. The zero-order chi connectivity index (χ0) is 18.2. The van der Waals surface area contributed by atoms with Crippen LogP contribution in [0.2, 0.25) is 0 Å². The Morgan fingerprint density at radius 2 is 1.72 bits per heavy atom. The second-order valence-electron chi connectivity index (χ2n) is 5.55. The lowest BCUT2D eigenvalue weighted by Crippen LogP contribution is -2.48. The van der Waals surface area contributed by atoms with Crippen LogP contribution in [-0.4, -0.2) is 37.9 Å². The summed E-state index contributed by atoms with van der Waals surface area (Å²) in [5, 5.41) is 9.41. The fourth-order valence-electron chi connectivity index (χ4n) is 2.71. The van der Waals surface area contributed by atoms with E-state index in [1.807, 2.05) is 0 Å². The van der Waals surface area contributed by atoms with Crippen LogP contribution < -0.4 is 0 Å². The van der Waals surface area contributed by atoms with E-state index >= 15 is 0 Å². The Kier molecular flexibility index (Phi) is 4.15. The summed E-state index contributed by atoms with van der Waals surface area (Å²) >= 11 is 0. The second kappa shape index (κ2) is 6.15. The highest BCUT2D eigenvalue weighted by atomic mass is 19.4. The average molecular weight is 351 g/mol. The van der Waals surface area contributed by atoms with Gasteiger partial charge in [-0.2, -0.15) is 13.2 Å². The third-order valence-corrected chi connectivity index (χ3v) is 3.95. The number of carbonyl (C=O) groups is 2. The van der Waals surface area contributed by atoms with Crippen molar-refractivity contribution in [3.63, 3.8) is 0 Å². The third kappa shape index (κ3) is 3.30. The van der Waals surface area contributed by atoms with Crippen LogP contribution in [0.15, 0.2) is 36.7 Å². The Balaban J connectivity index is 1.91. The first kappa shape index (κ1) is 16.9. The Morgan fingerprint density at radius 3 is 2.28 bits per heavy atom. The van der Waals surface area contributed by atoms with Gasteiger partial charge in [0.15, 0.2) is 0 Å². The van der Waals surface area contributed by atoms with Gasteiger partial charge in [0.05, 0.1) is 5.56 Å². The summed E-state index contributed by atoms with van der Waals surface area (Å²) in [5.41, 5.74) is 1.42. The summed E-state index contributed by atoms with van der Waals surface area (Å²) < 4.78 is 37.5. The Labute approximate surface area is 139 Å². The molecule has 1 aromatic carbocycles. The molecule has 1 aliphatic heterocycles. The van der Waals surface area contributed by atoms with E-state index in [2.05, 4.69) is 9.97 Å². The molecule has 1 N–H and O–H groups in total. The van der Waals surface area contributed by atoms with E-state index in [9.17, 15) is 27.9 Å². The molecule has 25 heavy (non-hydrogen) atoms. The molecule has 3 rings (SSSR count). The smallest absolute Gasteiger partial charge is 0.451 e. The van der Waals surface area contributed by atoms with Crippen molar-refractivity contribution >= 4 is 11.9 Å². The number of carbonyl (C=O) groups excluding carboxylic acids is 1. The molecule has 1 unspecified atom stereocenters. The summed E-state index contributed by atoms with van der Waals surface area (Å²) in [6, 6.07) is 6.00. The maximum Gasteiger partial charge on any atom is 0.451 e. The molecule has 0 saturated carbocycles. The number of hydrogen-bond donors (Lipinski definition) is 1. The minimum absolute atomic E-state index is 0.0486. The fraction of sp³-hybridized carbons (Fsp3) is 0.250. The number of fused-ring (bicyclic) bond motifs is 1. The summed E-state index contributed by atoms with van der Waals surface area (Å²) in [7, 11) is 0. The average Bonchev–Trinajstić information content (AvgIpc) is 2.59. The molecule has 2 aromatic rings. The monoisotopic (exact) mass is 351 g/mol. The normalized spacial score (nSPS) is 17.1. The van der Waals surface area contributed by atoms with Gasteiger partial charge in [0.1, 0.15) is 6.04 Å². The largest absolute Gasteiger partial charge is 0.480 e. The van der Waals surface area contributed by atoms with E-state index in [4.69, 9.17) is 0 Å². The first-order valence-electron chi connectivity index (χ1n) is 7.27. The van der Waals surface area contributed by atoms with Crippen LogP contribution in [0.5, 0.6) is 0 Å². The lowest BCUT2D eigenvalue weighted by molar-refractivity contribution is -0.145. The van der Waals surface area contributed by atoms with Crippen molar-refractivity contribution in [2.75, 3.05) is 0 Å². The molecule has 0 saturated heterocycles. The second-order valence-corrected chi connectivity index (χ2v) is 5.55. The molecule has 6 nitrogen and oxygen atoms in total. The number of alkyl halides is 3. The highest BCUT2D eigenvalue weighted by molar-refractivity contribution is 5.96. The number of rotatable bonds is 2. The minimum atomic E-state index is -4.71. The van der Waals surface area contributed by atoms with Crippen molar-refractivity contribution < 1.29 is 27.9 Å². The van der Waals surface area contributed by atoms with E-state index in [1.54, 1.807) is 24.3 Å². The molecule has 2 heterocycles. The van der Waals surface area contributed by atoms with Gasteiger partial charge < -0.3 is 10.0 Å². The van der Waals surface area contributed by atoms with Gasteiger partial charge >= 0.3 is 12.1 Å². The summed E-state index contributed by atoms with van der Waals surface area (Å²) in [6.45, 7) is 0.0486. The molecular formula is C16H12F3N3O3. The quantitative estimate of drug-likeness (QED) is 0.896. The van der Waals surface area contributed by atoms with Crippen LogP contribution in [0, 0.1) is 0 Å². The van der Waals surface area contributed by atoms with Crippen molar-refractivity contribution in [1.29, 1.82) is 0 Å². The lowest BCUT2D eigenvalue weighted by atomic mass is 9.93. The van der Waals surface area contributed by atoms with Gasteiger partial charge in [-0.15, -0.1) is 0 Å². The van der Waals surface area contributed by atoms with E-state index in [0.717, 1.165) is 28.4 Å². The number of benzene rings is 1. The van der Waals surface area contributed by atoms with E-state index in [-0.39, 0.29) is 18.5 Å². The number of aromatic nitrogens is 2. The number of hydrogen-bond acceptors (Lipinski definition) is 4. The van der Waals surface area contributed by atoms with Gasteiger partial charge in [-0.1, -0.05) is 24.3 Å². The number of halogens is 3. The molecule has 0 bridgehead atoms. The molecule has 0 aliphatic carbocycles. The van der Waals surface area contributed by atoms with Crippen molar-refractivity contribution in [1.82, 2.24) is 14.9 Å². The van der Waals surface area contributed by atoms with Gasteiger partial charge in [0.25, 0.3) is 5.91 Å². The Bertz CT molecular complexity index is 821. The Morgan fingerprint density at radius 1 is 1.12 bits per heavy atom. The van der Waals surface area contributed by atoms with Crippen molar-refractivity contribution in [2.24, 2.45) is 0 Å². The highest BCUT2D eigenvalue weighted by Gasteiger charge is 2.37. The van der Waals surface area contributed by atoms with Crippen LogP contribution in [-0.2, 0) is 23.9 Å². The van der Waals surface area contributed by atoms with Crippen LogP contribution in [0.4, 0.5) is 13.2 Å². The van der Waals surface area contributed by atoms with Crippen molar-refractivity contribution in [3.8, 4) is 0 Å². The minimum Gasteiger partial charge on any atom is -0.480 e. The summed E-state index contributed by atoms with van der Waals surface area (Å²) in [4.78, 5) is 31.5. The fourth-order valence-corrected chi connectivity index (χ4v) is 2.71. The van der Waals surface area contributed by atoms with E-state index < -0.39 is 29.9 Å². The molecule has 1 aromatic heterocycles. The standard InChI is InChI=1S/C16H12F3N3O3/c17-16(18,19)15-20-6-11(7-21-15)13(23)22-8-10-4-2-1-3-9(10)5-12(22)14(24)25/h1-4,6-7,12H,5,8H2,(H,24,25). The van der Waals surface area contributed by atoms with Gasteiger partial charge in [-0.05, 0) is 11.1 Å². The van der Waals surface area contributed by atoms with Crippen LogP contribution >= 0.6 is 0 Å². The number of nitrogens with zero attached hydrogens (tertiary/aromatic N) is 3. The SMILES string of the molecule is O=C(O)C1Cc2ccccc2CN1C(=O)c1cnc(C(F)(F)F)nc1. The summed E-state index contributed by atoms with van der Waals surface area (Å²) in [6.07, 6.45) is -3.07. The molecular weight excluding hydrogens is 339 g/mol. The molecule has 0 fully saturated rings. The van der Waals surface area contributed by atoms with E-state index in [1.165, 1.54) is 0 Å². The third-order valence-electron chi connectivity index (χ3n) is 3.95. The van der Waals surface area contributed by atoms with Gasteiger partial charge in [-0.25, -0.2) is 14.8 Å². The topological polar surface area (TPSA) is 83.4 Å². The summed E-state index contributed by atoms with van der Waals surface area (Å²) in [5.74, 6) is -3.27. The number of amides is 1. The molecule has 9 heteroatoms. The van der Waals surface area contributed by atoms with Crippen LogP contribution in [0.3, 0.4) is 0 Å². The van der Waals surface area contributed by atoms with Gasteiger partial charge in [0, 0.05) is 25.4 Å². The first-order chi connectivity index (χ1) is 11.8. The molecule has 0 radical (unpaired) electrons.